The quantitative estimate of drug-likeness (QED) is 0.216. The number of rotatable bonds is 10. The molecule has 0 aromatic heterocycles. The largest absolute Gasteiger partial charge is 0.387 e. The molecular weight excluding hydrogens is 284 g/mol. The Hall–Kier alpha value is -0.960. The predicted molar refractivity (Wildman–Crippen MR) is 76.7 cm³/mol. The summed E-state index contributed by atoms with van der Waals surface area (Å²) in [5, 5.41) is 12.4. The third-order valence-corrected chi connectivity index (χ3v) is 3.59. The van der Waals surface area contributed by atoms with Crippen LogP contribution in [0.5, 0.6) is 0 Å². The Kier molecular flexibility index (Phi) is 7.95. The Balaban J connectivity index is 3.98. The van der Waals surface area contributed by atoms with Crippen molar-refractivity contribution in [3.05, 3.63) is 12.7 Å². The van der Waals surface area contributed by atoms with Crippen LogP contribution in [0, 0.1) is 0 Å². The molecule has 0 aliphatic carbocycles. The predicted octanol–water partition coefficient (Wildman–Crippen LogP) is -0.606. The normalized spacial score (nSPS) is 13.8. The van der Waals surface area contributed by atoms with Gasteiger partial charge in [-0.15, -0.1) is 0 Å². The molecule has 118 valence electrons. The van der Waals surface area contributed by atoms with Crippen molar-refractivity contribution >= 4 is 16.0 Å². The van der Waals surface area contributed by atoms with Gasteiger partial charge in [0, 0.05) is 13.0 Å². The van der Waals surface area contributed by atoms with Crippen LogP contribution in [0.25, 0.3) is 0 Å². The van der Waals surface area contributed by atoms with Gasteiger partial charge in [-0.3, -0.25) is 9.35 Å². The summed E-state index contributed by atoms with van der Waals surface area (Å²) < 4.78 is 30.3. The van der Waals surface area contributed by atoms with Crippen molar-refractivity contribution in [2.75, 3.05) is 39.5 Å². The van der Waals surface area contributed by atoms with Gasteiger partial charge >= 0.3 is 0 Å². The van der Waals surface area contributed by atoms with E-state index >= 15 is 0 Å². The van der Waals surface area contributed by atoms with Crippen molar-refractivity contribution in [2.45, 2.75) is 18.9 Å². The van der Waals surface area contributed by atoms with Gasteiger partial charge in [0.25, 0.3) is 10.1 Å². The number of amides is 1. The van der Waals surface area contributed by atoms with Gasteiger partial charge < -0.3 is 14.9 Å². The van der Waals surface area contributed by atoms with Gasteiger partial charge in [0.05, 0.1) is 26.4 Å². The second-order valence-corrected chi connectivity index (χ2v) is 6.99. The maximum Gasteiger partial charge on any atom is 0.264 e. The van der Waals surface area contributed by atoms with Gasteiger partial charge in [0.2, 0.25) is 5.91 Å². The van der Waals surface area contributed by atoms with E-state index in [0.29, 0.717) is 17.6 Å². The van der Waals surface area contributed by atoms with Gasteiger partial charge in [-0.05, 0) is 12.5 Å². The summed E-state index contributed by atoms with van der Waals surface area (Å²) >= 11 is 0. The Bertz CT molecular complexity index is 420. The average molecular weight is 309 g/mol. The van der Waals surface area contributed by atoms with Crippen LogP contribution in [-0.2, 0) is 14.9 Å². The van der Waals surface area contributed by atoms with Gasteiger partial charge in [-0.2, -0.15) is 8.42 Å². The number of quaternary nitrogens is 1. The van der Waals surface area contributed by atoms with Crippen LogP contribution in [0.15, 0.2) is 12.7 Å². The summed E-state index contributed by atoms with van der Waals surface area (Å²) in [6, 6.07) is 0. The Morgan fingerprint density at radius 1 is 1.45 bits per heavy atom. The Labute approximate surface area is 120 Å². The zero-order valence-corrected chi connectivity index (χ0v) is 12.9. The fourth-order valence-corrected chi connectivity index (χ4v) is 2.40. The average Bonchev–Trinajstić information content (AvgIpc) is 2.30. The molecule has 0 aromatic rings. The molecule has 0 aliphatic heterocycles. The minimum atomic E-state index is -4.03. The SMILES string of the molecule is C=CC(=O)NCCC[N+](C)(C)CC(O)CCS(=O)(=O)O. The lowest BCUT2D eigenvalue weighted by Crippen LogP contribution is -2.47. The summed E-state index contributed by atoms with van der Waals surface area (Å²) in [5.41, 5.74) is 0. The Morgan fingerprint density at radius 2 is 2.05 bits per heavy atom. The van der Waals surface area contributed by atoms with Crippen molar-refractivity contribution in [3.63, 3.8) is 0 Å². The molecule has 0 saturated heterocycles. The first-order valence-electron chi connectivity index (χ1n) is 6.41. The topological polar surface area (TPSA) is 104 Å². The van der Waals surface area contributed by atoms with E-state index in [1.54, 1.807) is 0 Å². The molecule has 0 heterocycles. The standard InChI is InChI=1S/C12H24N2O5S/c1-4-12(16)13-7-5-8-14(2,3)10-11(15)6-9-20(17,18)19/h4,11,15H,1,5-10H2,2-3H3,(H-,13,16,17,18,19)/p+1. The summed E-state index contributed by atoms with van der Waals surface area (Å²) in [7, 11) is -0.215. The number of nitrogens with zero attached hydrogens (tertiary/aromatic N) is 1. The first-order chi connectivity index (χ1) is 9.06. The summed E-state index contributed by atoms with van der Waals surface area (Å²) in [5.74, 6) is -0.660. The van der Waals surface area contributed by atoms with E-state index < -0.39 is 22.0 Å². The first-order valence-corrected chi connectivity index (χ1v) is 8.02. The second-order valence-electron chi connectivity index (χ2n) is 5.42. The number of nitrogens with one attached hydrogen (secondary N) is 1. The summed E-state index contributed by atoms with van der Waals surface area (Å²) in [6.07, 6.45) is 1.15. The molecule has 8 heteroatoms. The fraction of sp³-hybridized carbons (Fsp3) is 0.750. The minimum absolute atomic E-state index is 0.00765. The van der Waals surface area contributed by atoms with Crippen LogP contribution in [0.1, 0.15) is 12.8 Å². The number of carbonyl (C=O) groups excluding carboxylic acids is 1. The summed E-state index contributed by atoms with van der Waals surface area (Å²) in [6.45, 7) is 4.97. The van der Waals surface area contributed by atoms with Gasteiger partial charge in [0.1, 0.15) is 12.6 Å². The lowest BCUT2D eigenvalue weighted by atomic mass is 10.2. The molecule has 0 bridgehead atoms. The maximum atomic E-state index is 10.9. The zero-order chi connectivity index (χ0) is 15.8. The molecule has 0 fully saturated rings. The number of carbonyl (C=O) groups is 1. The lowest BCUT2D eigenvalue weighted by Gasteiger charge is -2.31. The molecule has 0 aliphatic rings. The zero-order valence-electron chi connectivity index (χ0n) is 12.1. The smallest absolute Gasteiger partial charge is 0.264 e. The van der Waals surface area contributed by atoms with Gasteiger partial charge in [-0.1, -0.05) is 6.58 Å². The van der Waals surface area contributed by atoms with Gasteiger partial charge in [0.15, 0.2) is 0 Å². The first kappa shape index (κ1) is 19.0. The highest BCUT2D eigenvalue weighted by molar-refractivity contribution is 7.85. The molecule has 0 saturated carbocycles. The molecule has 1 amide bonds. The number of hydrogen-bond donors (Lipinski definition) is 3. The highest BCUT2D eigenvalue weighted by Gasteiger charge is 2.21. The lowest BCUT2D eigenvalue weighted by molar-refractivity contribution is -0.893. The van der Waals surface area contributed by atoms with E-state index in [1.165, 1.54) is 6.08 Å². The number of hydrogen-bond acceptors (Lipinski definition) is 4. The third-order valence-electron chi connectivity index (χ3n) is 2.84. The monoisotopic (exact) mass is 309 g/mol. The highest BCUT2D eigenvalue weighted by atomic mass is 32.2. The molecule has 3 N–H and O–H groups in total. The fourth-order valence-electron chi connectivity index (χ4n) is 1.83. The van der Waals surface area contributed by atoms with Gasteiger partial charge in [-0.25, -0.2) is 0 Å². The second kappa shape index (κ2) is 8.35. The van der Waals surface area contributed by atoms with Crippen LogP contribution in [0.3, 0.4) is 0 Å². The van der Waals surface area contributed by atoms with E-state index in [9.17, 15) is 18.3 Å². The third kappa shape index (κ3) is 10.9. The maximum absolute atomic E-state index is 10.9. The number of aliphatic hydroxyl groups excluding tert-OH is 1. The van der Waals surface area contributed by atoms with E-state index in [1.807, 2.05) is 14.1 Å². The number of likely N-dealkylation sites (N-methyl/N-ethyl adjacent to an activating group) is 1. The minimum Gasteiger partial charge on any atom is -0.387 e. The van der Waals surface area contributed by atoms with E-state index in [0.717, 1.165) is 13.0 Å². The van der Waals surface area contributed by atoms with E-state index in [2.05, 4.69) is 11.9 Å². The molecule has 0 aromatic carbocycles. The van der Waals surface area contributed by atoms with E-state index in [-0.39, 0.29) is 12.3 Å². The van der Waals surface area contributed by atoms with Crippen molar-refractivity contribution in [2.24, 2.45) is 0 Å². The van der Waals surface area contributed by atoms with Crippen LogP contribution in [0.2, 0.25) is 0 Å². The van der Waals surface area contributed by atoms with Crippen molar-refractivity contribution in [1.82, 2.24) is 5.32 Å². The molecule has 7 nitrogen and oxygen atoms in total. The molecule has 20 heavy (non-hydrogen) atoms. The molecule has 0 radical (unpaired) electrons. The van der Waals surface area contributed by atoms with Crippen LogP contribution in [0.4, 0.5) is 0 Å². The van der Waals surface area contributed by atoms with Crippen molar-refractivity contribution in [3.8, 4) is 0 Å². The number of aliphatic hydroxyl groups is 1. The van der Waals surface area contributed by atoms with Crippen LogP contribution < -0.4 is 5.32 Å². The van der Waals surface area contributed by atoms with Crippen LogP contribution >= 0.6 is 0 Å². The van der Waals surface area contributed by atoms with Crippen molar-refractivity contribution < 1.29 is 27.4 Å². The van der Waals surface area contributed by atoms with Crippen molar-refractivity contribution in [1.29, 1.82) is 0 Å². The van der Waals surface area contributed by atoms with Crippen LogP contribution in [-0.4, -0.2) is 74.1 Å². The summed E-state index contributed by atoms with van der Waals surface area (Å²) in [4.78, 5) is 10.9. The molecule has 0 rings (SSSR count). The Morgan fingerprint density at radius 3 is 2.55 bits per heavy atom. The molecule has 1 unspecified atom stereocenters. The highest BCUT2D eigenvalue weighted by Crippen LogP contribution is 2.05. The van der Waals surface area contributed by atoms with E-state index in [4.69, 9.17) is 4.55 Å². The molecule has 0 spiro atoms. The molecular formula is C12H25N2O5S+. The molecule has 1 atom stereocenters.